The third kappa shape index (κ3) is 3.46. The van der Waals surface area contributed by atoms with E-state index in [9.17, 15) is 8.78 Å². The molecule has 0 unspecified atom stereocenters. The van der Waals surface area contributed by atoms with E-state index in [1.165, 1.54) is 6.07 Å². The third-order valence-corrected chi connectivity index (χ3v) is 3.59. The Labute approximate surface area is 130 Å². The van der Waals surface area contributed by atoms with Gasteiger partial charge < -0.3 is 4.74 Å². The summed E-state index contributed by atoms with van der Waals surface area (Å²) in [5.74, 6) is -1.62. The van der Waals surface area contributed by atoms with Crippen molar-refractivity contribution in [3.05, 3.63) is 56.5 Å². The van der Waals surface area contributed by atoms with E-state index in [1.54, 1.807) is 18.2 Å². The number of alkyl halides is 1. The minimum Gasteiger partial charge on any atom is -0.454 e. The quantitative estimate of drug-likeness (QED) is 0.442. The van der Waals surface area contributed by atoms with Crippen molar-refractivity contribution in [1.29, 1.82) is 0 Å². The Morgan fingerprint density at radius 2 is 1.74 bits per heavy atom. The smallest absolute Gasteiger partial charge is 0.201 e. The van der Waals surface area contributed by atoms with Gasteiger partial charge in [0, 0.05) is 14.5 Å². The van der Waals surface area contributed by atoms with Gasteiger partial charge in [0.15, 0.2) is 11.6 Å². The maximum Gasteiger partial charge on any atom is 0.201 e. The Kier molecular flexibility index (Phi) is 4.81. The minimum atomic E-state index is -1.04. The van der Waals surface area contributed by atoms with Crippen molar-refractivity contribution in [2.45, 2.75) is 5.88 Å². The Morgan fingerprint density at radius 3 is 2.42 bits per heavy atom. The highest BCUT2D eigenvalue weighted by Gasteiger charge is 2.14. The molecule has 0 aliphatic rings. The van der Waals surface area contributed by atoms with Crippen LogP contribution in [-0.4, -0.2) is 0 Å². The Morgan fingerprint density at radius 1 is 1.00 bits per heavy atom. The van der Waals surface area contributed by atoms with Crippen LogP contribution in [0.15, 0.2) is 39.3 Å². The van der Waals surface area contributed by atoms with Gasteiger partial charge in [0.2, 0.25) is 5.82 Å². The van der Waals surface area contributed by atoms with Crippen molar-refractivity contribution in [1.82, 2.24) is 0 Å². The fourth-order valence-corrected chi connectivity index (χ4v) is 2.50. The van der Waals surface area contributed by atoms with Crippen molar-refractivity contribution in [3.63, 3.8) is 0 Å². The van der Waals surface area contributed by atoms with Crippen molar-refractivity contribution in [3.8, 4) is 11.5 Å². The topological polar surface area (TPSA) is 9.23 Å². The Hall–Kier alpha value is -0.650. The summed E-state index contributed by atoms with van der Waals surface area (Å²) in [7, 11) is 0. The zero-order chi connectivity index (χ0) is 14.0. The summed E-state index contributed by atoms with van der Waals surface area (Å²) < 4.78 is 33.5. The molecule has 2 aromatic rings. The summed E-state index contributed by atoms with van der Waals surface area (Å²) in [4.78, 5) is 0. The van der Waals surface area contributed by atoms with Gasteiger partial charge in [0.1, 0.15) is 5.75 Å². The van der Waals surface area contributed by atoms with Crippen LogP contribution >= 0.6 is 43.5 Å². The molecular weight excluding hydrogens is 405 g/mol. The van der Waals surface area contributed by atoms with E-state index >= 15 is 0 Å². The van der Waals surface area contributed by atoms with Gasteiger partial charge in [0.05, 0.1) is 5.88 Å². The van der Waals surface area contributed by atoms with Crippen LogP contribution in [0.4, 0.5) is 8.78 Å². The molecule has 0 N–H and O–H groups in total. The minimum absolute atomic E-state index is 0.194. The predicted molar refractivity (Wildman–Crippen MR) is 77.8 cm³/mol. The molecular formula is C13H7Br2ClF2O. The standard InChI is InChI=1S/C13H7Br2ClF2O/c14-8-1-2-11(7(3-8)6-16)19-12-5-9(15)4-10(17)13(12)18/h1-5H,6H2. The van der Waals surface area contributed by atoms with Gasteiger partial charge in [-0.05, 0) is 30.3 Å². The molecule has 0 heterocycles. The van der Waals surface area contributed by atoms with Crippen molar-refractivity contribution in [2.24, 2.45) is 0 Å². The number of rotatable bonds is 3. The lowest BCUT2D eigenvalue weighted by Crippen LogP contribution is -1.95. The second-order valence-corrected chi connectivity index (χ2v) is 5.79. The van der Waals surface area contributed by atoms with Crippen molar-refractivity contribution in [2.75, 3.05) is 0 Å². The zero-order valence-corrected chi connectivity index (χ0v) is 13.3. The number of hydrogen-bond donors (Lipinski definition) is 0. The molecule has 0 atom stereocenters. The second-order valence-electron chi connectivity index (χ2n) is 3.69. The van der Waals surface area contributed by atoms with Crippen LogP contribution in [0.25, 0.3) is 0 Å². The summed E-state index contributed by atoms with van der Waals surface area (Å²) in [6.07, 6.45) is 0. The lowest BCUT2D eigenvalue weighted by Gasteiger charge is -2.11. The fraction of sp³-hybridized carbons (Fsp3) is 0.0769. The first-order chi connectivity index (χ1) is 9.01. The fourth-order valence-electron chi connectivity index (χ4n) is 1.48. The van der Waals surface area contributed by atoms with E-state index in [-0.39, 0.29) is 11.6 Å². The monoisotopic (exact) mass is 410 g/mol. The van der Waals surface area contributed by atoms with Crippen LogP contribution in [0.2, 0.25) is 0 Å². The second kappa shape index (κ2) is 6.20. The summed E-state index contributed by atoms with van der Waals surface area (Å²) in [5.41, 5.74) is 0.677. The average Bonchev–Trinajstić information content (AvgIpc) is 2.37. The van der Waals surface area contributed by atoms with Gasteiger partial charge in [0.25, 0.3) is 0 Å². The molecule has 0 saturated carbocycles. The molecule has 2 rings (SSSR count). The first-order valence-corrected chi connectivity index (χ1v) is 7.30. The molecule has 19 heavy (non-hydrogen) atoms. The van der Waals surface area contributed by atoms with E-state index in [1.807, 2.05) is 0 Å². The Bertz CT molecular complexity index is 620. The van der Waals surface area contributed by atoms with Gasteiger partial charge in [-0.1, -0.05) is 31.9 Å². The van der Waals surface area contributed by atoms with Gasteiger partial charge >= 0.3 is 0 Å². The summed E-state index contributed by atoms with van der Waals surface area (Å²) in [5, 5.41) is 0. The largest absolute Gasteiger partial charge is 0.454 e. The van der Waals surface area contributed by atoms with E-state index in [0.717, 1.165) is 10.5 Å². The highest BCUT2D eigenvalue weighted by atomic mass is 79.9. The molecule has 0 saturated heterocycles. The van der Waals surface area contributed by atoms with E-state index < -0.39 is 11.6 Å². The molecule has 6 heteroatoms. The lowest BCUT2D eigenvalue weighted by molar-refractivity contribution is 0.413. The molecule has 0 bridgehead atoms. The van der Waals surface area contributed by atoms with Crippen LogP contribution < -0.4 is 4.74 Å². The number of benzene rings is 2. The molecule has 1 nitrogen and oxygen atoms in total. The zero-order valence-electron chi connectivity index (χ0n) is 9.39. The summed E-state index contributed by atoms with van der Waals surface area (Å²) >= 11 is 12.2. The molecule has 0 aromatic heterocycles. The average molecular weight is 412 g/mol. The van der Waals surface area contributed by atoms with Crippen LogP contribution in [-0.2, 0) is 5.88 Å². The SMILES string of the molecule is Fc1cc(Br)cc(Oc2ccc(Br)cc2CCl)c1F. The van der Waals surface area contributed by atoms with Gasteiger partial charge in [-0.15, -0.1) is 11.6 Å². The first kappa shape index (κ1) is 14.8. The molecule has 0 amide bonds. The molecule has 0 radical (unpaired) electrons. The van der Waals surface area contributed by atoms with Gasteiger partial charge in [-0.2, -0.15) is 4.39 Å². The molecule has 2 aromatic carbocycles. The number of halogens is 5. The van der Waals surface area contributed by atoms with Gasteiger partial charge in [-0.25, -0.2) is 4.39 Å². The van der Waals surface area contributed by atoms with E-state index in [0.29, 0.717) is 15.8 Å². The highest BCUT2D eigenvalue weighted by molar-refractivity contribution is 9.10. The van der Waals surface area contributed by atoms with Crippen LogP contribution in [0, 0.1) is 11.6 Å². The summed E-state index contributed by atoms with van der Waals surface area (Å²) in [6, 6.07) is 7.52. The van der Waals surface area contributed by atoms with Gasteiger partial charge in [-0.3, -0.25) is 0 Å². The van der Waals surface area contributed by atoms with E-state index in [2.05, 4.69) is 31.9 Å². The molecule has 0 spiro atoms. The third-order valence-electron chi connectivity index (χ3n) is 2.35. The van der Waals surface area contributed by atoms with Crippen LogP contribution in [0.5, 0.6) is 11.5 Å². The van der Waals surface area contributed by atoms with E-state index in [4.69, 9.17) is 16.3 Å². The molecule has 0 aliphatic carbocycles. The number of ether oxygens (including phenoxy) is 1. The predicted octanol–water partition coefficient (Wildman–Crippen LogP) is 6.02. The van der Waals surface area contributed by atoms with Crippen molar-refractivity contribution >= 4 is 43.5 Å². The maximum absolute atomic E-state index is 13.6. The lowest BCUT2D eigenvalue weighted by atomic mass is 10.2. The summed E-state index contributed by atoms with van der Waals surface area (Å²) in [6.45, 7) is 0. The Balaban J connectivity index is 2.41. The van der Waals surface area contributed by atoms with Crippen LogP contribution in [0.3, 0.4) is 0 Å². The molecule has 0 fully saturated rings. The highest BCUT2D eigenvalue weighted by Crippen LogP contribution is 2.33. The maximum atomic E-state index is 13.6. The molecule has 100 valence electrons. The van der Waals surface area contributed by atoms with Crippen molar-refractivity contribution < 1.29 is 13.5 Å². The van der Waals surface area contributed by atoms with Crippen LogP contribution in [0.1, 0.15) is 5.56 Å². The molecule has 0 aliphatic heterocycles. The number of hydrogen-bond acceptors (Lipinski definition) is 1. The first-order valence-electron chi connectivity index (χ1n) is 5.18. The normalized spacial score (nSPS) is 10.6.